The standard InChI is InChI=1S/C20H19NO4/c1-21-17-6-4-3-5-15(17)20(24,19(21)23)16-10-8-12-7-9-13(25-2)11-14(12)18(16)22/h3-7,9,11,16,24H,8,10H2,1-2H3/t16-,20+/m1/s1. The predicted molar refractivity (Wildman–Crippen MR) is 92.9 cm³/mol. The fraction of sp³-hybridized carbons (Fsp3) is 0.300. The van der Waals surface area contributed by atoms with Crippen molar-refractivity contribution >= 4 is 17.4 Å². The summed E-state index contributed by atoms with van der Waals surface area (Å²) in [4.78, 5) is 27.5. The summed E-state index contributed by atoms with van der Waals surface area (Å²) in [6.07, 6.45) is 1.07. The SMILES string of the molecule is COc1ccc2c(c1)C(=O)[C@H]([C@]1(O)C(=O)N(C)c3ccccc31)CC2. The minimum Gasteiger partial charge on any atom is -0.497 e. The van der Waals surface area contributed by atoms with Crippen LogP contribution in [0, 0.1) is 5.92 Å². The Morgan fingerprint density at radius 3 is 2.72 bits per heavy atom. The molecule has 4 rings (SSSR count). The molecule has 128 valence electrons. The fourth-order valence-electron chi connectivity index (χ4n) is 4.05. The molecule has 1 aliphatic carbocycles. The molecule has 1 amide bonds. The van der Waals surface area contributed by atoms with Crippen molar-refractivity contribution in [2.75, 3.05) is 19.1 Å². The van der Waals surface area contributed by atoms with Gasteiger partial charge in [0.25, 0.3) is 5.91 Å². The number of amides is 1. The van der Waals surface area contributed by atoms with Gasteiger partial charge in [-0.3, -0.25) is 9.59 Å². The Labute approximate surface area is 145 Å². The lowest BCUT2D eigenvalue weighted by Crippen LogP contribution is -2.49. The molecule has 0 aromatic heterocycles. The van der Waals surface area contributed by atoms with Crippen LogP contribution in [0.2, 0.25) is 0 Å². The number of anilines is 1. The van der Waals surface area contributed by atoms with E-state index in [9.17, 15) is 14.7 Å². The van der Waals surface area contributed by atoms with E-state index >= 15 is 0 Å². The zero-order valence-corrected chi connectivity index (χ0v) is 14.2. The molecular weight excluding hydrogens is 318 g/mol. The number of aliphatic hydroxyl groups is 1. The Bertz CT molecular complexity index is 891. The zero-order chi connectivity index (χ0) is 17.8. The van der Waals surface area contributed by atoms with Crippen LogP contribution in [-0.2, 0) is 16.8 Å². The first-order valence-corrected chi connectivity index (χ1v) is 8.29. The molecule has 2 aromatic carbocycles. The van der Waals surface area contributed by atoms with Crippen molar-refractivity contribution in [3.63, 3.8) is 0 Å². The average molecular weight is 337 g/mol. The maximum atomic E-state index is 13.2. The molecule has 0 spiro atoms. The molecule has 1 N–H and O–H groups in total. The number of para-hydroxylation sites is 1. The first kappa shape index (κ1) is 15.8. The van der Waals surface area contributed by atoms with Gasteiger partial charge in [-0.1, -0.05) is 24.3 Å². The minimum atomic E-state index is -1.82. The molecule has 5 nitrogen and oxygen atoms in total. The van der Waals surface area contributed by atoms with Gasteiger partial charge in [0.05, 0.1) is 18.7 Å². The van der Waals surface area contributed by atoms with Crippen LogP contribution in [0.1, 0.15) is 27.9 Å². The largest absolute Gasteiger partial charge is 0.497 e. The van der Waals surface area contributed by atoms with E-state index in [0.29, 0.717) is 35.4 Å². The van der Waals surface area contributed by atoms with Gasteiger partial charge in [0.1, 0.15) is 5.75 Å². The van der Waals surface area contributed by atoms with Crippen LogP contribution in [0.3, 0.4) is 0 Å². The monoisotopic (exact) mass is 337 g/mol. The van der Waals surface area contributed by atoms with Gasteiger partial charge >= 0.3 is 0 Å². The number of likely N-dealkylation sites (N-methyl/N-ethyl adjacent to an activating group) is 1. The van der Waals surface area contributed by atoms with Crippen molar-refractivity contribution in [1.29, 1.82) is 0 Å². The molecule has 25 heavy (non-hydrogen) atoms. The van der Waals surface area contributed by atoms with Gasteiger partial charge in [-0.05, 0) is 36.6 Å². The number of fused-ring (bicyclic) bond motifs is 2. The second-order valence-electron chi connectivity index (χ2n) is 6.63. The molecule has 2 aromatic rings. The Morgan fingerprint density at radius 1 is 1.20 bits per heavy atom. The topological polar surface area (TPSA) is 66.8 Å². The van der Waals surface area contributed by atoms with Crippen LogP contribution in [-0.4, -0.2) is 31.0 Å². The highest BCUT2D eigenvalue weighted by Gasteiger charge is 2.56. The van der Waals surface area contributed by atoms with E-state index in [-0.39, 0.29) is 5.78 Å². The smallest absolute Gasteiger partial charge is 0.264 e. The van der Waals surface area contributed by atoms with Crippen LogP contribution >= 0.6 is 0 Å². The predicted octanol–water partition coefficient (Wildman–Crippen LogP) is 2.30. The van der Waals surface area contributed by atoms with Crippen LogP contribution in [0.5, 0.6) is 5.75 Å². The third-order valence-electron chi connectivity index (χ3n) is 5.41. The van der Waals surface area contributed by atoms with Crippen molar-refractivity contribution in [2.45, 2.75) is 18.4 Å². The Hall–Kier alpha value is -2.66. The van der Waals surface area contributed by atoms with Crippen molar-refractivity contribution in [3.8, 4) is 5.75 Å². The van der Waals surface area contributed by atoms with E-state index in [2.05, 4.69) is 0 Å². The molecule has 1 aliphatic heterocycles. The van der Waals surface area contributed by atoms with Gasteiger partial charge in [-0.15, -0.1) is 0 Å². The lowest BCUT2D eigenvalue weighted by molar-refractivity contribution is -0.140. The Morgan fingerprint density at radius 2 is 1.96 bits per heavy atom. The molecule has 2 atom stereocenters. The lowest BCUT2D eigenvalue weighted by Gasteiger charge is -2.34. The van der Waals surface area contributed by atoms with E-state index in [1.165, 1.54) is 4.90 Å². The molecule has 5 heteroatoms. The number of Topliss-reactive ketones (excluding diaryl/α,β-unsaturated/α-hetero) is 1. The quantitative estimate of drug-likeness (QED) is 0.913. The number of rotatable bonds is 2. The number of methoxy groups -OCH3 is 1. The number of ketones is 1. The van der Waals surface area contributed by atoms with Gasteiger partial charge in [0, 0.05) is 18.2 Å². The summed E-state index contributed by atoms with van der Waals surface area (Å²) in [7, 11) is 3.18. The Kier molecular flexibility index (Phi) is 3.44. The molecule has 0 saturated heterocycles. The third-order valence-corrected chi connectivity index (χ3v) is 5.41. The van der Waals surface area contributed by atoms with E-state index in [1.54, 1.807) is 38.4 Å². The number of hydrogen-bond donors (Lipinski definition) is 1. The van der Waals surface area contributed by atoms with Crippen molar-refractivity contribution in [2.24, 2.45) is 5.92 Å². The summed E-state index contributed by atoms with van der Waals surface area (Å²) in [5.74, 6) is -0.861. The van der Waals surface area contributed by atoms with Gasteiger partial charge < -0.3 is 14.7 Å². The van der Waals surface area contributed by atoms with Gasteiger partial charge in [0.15, 0.2) is 11.4 Å². The average Bonchev–Trinajstić information content (AvgIpc) is 2.84. The van der Waals surface area contributed by atoms with Crippen molar-refractivity contribution in [1.82, 2.24) is 0 Å². The van der Waals surface area contributed by atoms with Crippen LogP contribution in [0.15, 0.2) is 42.5 Å². The lowest BCUT2D eigenvalue weighted by atomic mass is 9.71. The minimum absolute atomic E-state index is 0.207. The highest BCUT2D eigenvalue weighted by molar-refractivity contribution is 6.12. The number of benzene rings is 2. The van der Waals surface area contributed by atoms with E-state index in [0.717, 1.165) is 5.56 Å². The number of carbonyl (C=O) groups excluding carboxylic acids is 2. The van der Waals surface area contributed by atoms with E-state index in [4.69, 9.17) is 4.74 Å². The van der Waals surface area contributed by atoms with Gasteiger partial charge in [-0.25, -0.2) is 0 Å². The Balaban J connectivity index is 1.82. The molecule has 0 bridgehead atoms. The maximum Gasteiger partial charge on any atom is 0.264 e. The number of carbonyl (C=O) groups is 2. The third kappa shape index (κ3) is 2.05. The summed E-state index contributed by atoms with van der Waals surface area (Å²) in [6, 6.07) is 12.5. The second kappa shape index (κ2) is 5.43. The molecular formula is C20H19NO4. The molecule has 0 unspecified atom stereocenters. The summed E-state index contributed by atoms with van der Waals surface area (Å²) in [5.41, 5.74) is 0.802. The number of aryl methyl sites for hydroxylation is 1. The maximum absolute atomic E-state index is 13.2. The molecule has 0 fully saturated rings. The van der Waals surface area contributed by atoms with Gasteiger partial charge in [0.2, 0.25) is 0 Å². The number of hydrogen-bond acceptors (Lipinski definition) is 4. The summed E-state index contributed by atoms with van der Waals surface area (Å²) in [6.45, 7) is 0. The first-order valence-electron chi connectivity index (χ1n) is 8.29. The highest BCUT2D eigenvalue weighted by atomic mass is 16.5. The van der Waals surface area contributed by atoms with Gasteiger partial charge in [-0.2, -0.15) is 0 Å². The second-order valence-corrected chi connectivity index (χ2v) is 6.63. The first-order chi connectivity index (χ1) is 12.0. The van der Waals surface area contributed by atoms with Crippen LogP contribution in [0.4, 0.5) is 5.69 Å². The molecule has 1 heterocycles. The number of ether oxygens (including phenoxy) is 1. The fourth-order valence-corrected chi connectivity index (χ4v) is 4.05. The number of nitrogens with zero attached hydrogens (tertiary/aromatic N) is 1. The normalized spacial score (nSPS) is 24.9. The molecule has 0 radical (unpaired) electrons. The summed E-state index contributed by atoms with van der Waals surface area (Å²) in [5, 5.41) is 11.4. The molecule has 0 saturated carbocycles. The van der Waals surface area contributed by atoms with Crippen molar-refractivity contribution in [3.05, 3.63) is 59.2 Å². The highest BCUT2D eigenvalue weighted by Crippen LogP contribution is 2.47. The molecule has 2 aliphatic rings. The van der Waals surface area contributed by atoms with E-state index < -0.39 is 17.4 Å². The summed E-state index contributed by atoms with van der Waals surface area (Å²) < 4.78 is 5.22. The zero-order valence-electron chi connectivity index (χ0n) is 14.2. The summed E-state index contributed by atoms with van der Waals surface area (Å²) >= 11 is 0. The van der Waals surface area contributed by atoms with Crippen LogP contribution in [0.25, 0.3) is 0 Å². The van der Waals surface area contributed by atoms with E-state index in [1.807, 2.05) is 18.2 Å². The van der Waals surface area contributed by atoms with Crippen LogP contribution < -0.4 is 9.64 Å². The van der Waals surface area contributed by atoms with Crippen molar-refractivity contribution < 1.29 is 19.4 Å².